The van der Waals surface area contributed by atoms with E-state index in [2.05, 4.69) is 57.5 Å². The number of aromatic nitrogens is 6. The van der Waals surface area contributed by atoms with E-state index in [9.17, 15) is 0 Å². The van der Waals surface area contributed by atoms with Crippen LogP contribution in [0.3, 0.4) is 0 Å². The average Bonchev–Trinajstić information content (AvgIpc) is 1.44. The molecule has 8 aliphatic rings. The molecule has 17 rings (SSSR count). The van der Waals surface area contributed by atoms with Crippen LogP contribution >= 0.6 is 41.1 Å². The molecule has 6 nitrogen and oxygen atoms in total. The van der Waals surface area contributed by atoms with Crippen LogP contribution in [-0.2, 0) is 60.9 Å². The Morgan fingerprint density at radius 1 is 0.268 bits per heavy atom. The van der Waals surface area contributed by atoms with Crippen molar-refractivity contribution >= 4 is 41.1 Å². The van der Waals surface area contributed by atoms with Crippen molar-refractivity contribution in [3.05, 3.63) is 219 Å². The maximum absolute atomic E-state index is 4.62. The van der Waals surface area contributed by atoms with E-state index in [1.54, 1.807) is 300 Å². The molecule has 9 aromatic rings. The van der Waals surface area contributed by atoms with Crippen molar-refractivity contribution in [2.45, 2.75) is 302 Å². The van der Waals surface area contributed by atoms with Crippen molar-refractivity contribution in [3.8, 4) is 67.9 Å². The van der Waals surface area contributed by atoms with Crippen LogP contribution in [0.25, 0.3) is 67.9 Å². The second kappa shape index (κ2) is 52.5. The predicted molar refractivity (Wildman–Crippen MR) is 476 cm³/mol. The van der Waals surface area contributed by atoms with Gasteiger partial charge < -0.3 is 0 Å². The first-order valence-electron chi connectivity index (χ1n) is 43.5. The summed E-state index contributed by atoms with van der Waals surface area (Å²) in [5.74, 6) is 3.65. The number of rotatable bonds is 18. The molecule has 0 radical (unpaired) electrons. The third-order valence-electron chi connectivity index (χ3n) is 25.4. The maximum atomic E-state index is 4.62. The fraction of sp³-hybridized carbons (Fsp3) is 0.510. The molecule has 8 fully saturated rings. The molecule has 0 spiro atoms. The summed E-state index contributed by atoms with van der Waals surface area (Å²) in [6.07, 6.45) is 69.2. The van der Waals surface area contributed by atoms with Crippen molar-refractivity contribution in [2.24, 2.45) is 0 Å². The molecule has 0 aliphatic heterocycles. The van der Waals surface area contributed by atoms with Crippen LogP contribution < -0.4 is 0 Å². The molecule has 112 heavy (non-hydrogen) atoms. The molecule has 606 valence electrons. The van der Waals surface area contributed by atoms with Gasteiger partial charge in [-0.3, -0.25) is 29.9 Å². The fourth-order valence-electron chi connectivity index (χ4n) is 19.7. The van der Waals surface area contributed by atoms with Crippen molar-refractivity contribution < 1.29 is 60.9 Å². The van der Waals surface area contributed by atoms with Gasteiger partial charge >= 0.3 is 28.2 Å². The summed E-state index contributed by atoms with van der Waals surface area (Å²) in [5, 5.41) is 0. The first-order valence-corrected chi connectivity index (χ1v) is 53.4. The van der Waals surface area contributed by atoms with Crippen LogP contribution in [0.2, 0.25) is 0 Å². The molecule has 8 aliphatic carbocycles. The molecular formula is C98H127ClN6P4Pt3. The molecular weight excluding hydrogens is 2010 g/mol. The summed E-state index contributed by atoms with van der Waals surface area (Å²) in [4.78, 5) is 26.8. The molecule has 3 aromatic carbocycles. The maximum Gasteiger partial charge on any atom is 0.0876 e. The van der Waals surface area contributed by atoms with Gasteiger partial charge in [0.25, 0.3) is 0 Å². The first-order chi connectivity index (χ1) is 54.6. The number of nitrogens with zero attached hydrogens (tertiary/aromatic N) is 6. The second-order valence-corrected chi connectivity index (χ2v) is 45.8. The number of hydrogen-bond donors (Lipinski definition) is 0. The molecule has 8 saturated carbocycles. The molecule has 6 heterocycles. The van der Waals surface area contributed by atoms with Gasteiger partial charge in [-0.25, -0.2) is 0 Å². The Hall–Kier alpha value is -3.37. The van der Waals surface area contributed by atoms with Crippen LogP contribution in [0.4, 0.5) is 0 Å². The van der Waals surface area contributed by atoms with E-state index in [1.165, 1.54) is 45.3 Å². The molecule has 6 aromatic heterocycles. The summed E-state index contributed by atoms with van der Waals surface area (Å²) >= 11 is 1.61. The Labute approximate surface area is 725 Å². The zero-order valence-electron chi connectivity index (χ0n) is 66.8. The Bertz CT molecular complexity index is 3240. The molecule has 0 saturated heterocycles. The minimum Gasteiger partial charge on any atom is -0.295 e. The number of hydrogen-bond acceptors (Lipinski definition) is 6. The quantitative estimate of drug-likeness (QED) is 0.0629. The third kappa shape index (κ3) is 29.0. The van der Waals surface area contributed by atoms with Gasteiger partial charge in [-0.05, 0) is 254 Å². The van der Waals surface area contributed by atoms with Crippen LogP contribution in [0.1, 0.15) is 257 Å². The zero-order chi connectivity index (χ0) is 75.3. The number of halogens is 1. The minimum atomic E-state index is -0.0959. The molecule has 0 atom stereocenters. The molecule has 0 bridgehead atoms. The second-order valence-electron chi connectivity index (χ2n) is 32.7. The number of benzene rings is 3. The summed E-state index contributed by atoms with van der Waals surface area (Å²) in [6, 6.07) is 68.4. The molecule has 0 amide bonds. The Kier molecular flexibility index (Phi) is 42.7. The van der Waals surface area contributed by atoms with Gasteiger partial charge in [0, 0.05) is 76.6 Å². The van der Waals surface area contributed by atoms with Gasteiger partial charge in [0.1, 0.15) is 0 Å². The van der Waals surface area contributed by atoms with Crippen molar-refractivity contribution in [3.63, 3.8) is 0 Å². The van der Waals surface area contributed by atoms with Crippen molar-refractivity contribution in [1.82, 2.24) is 29.9 Å². The molecule has 0 unspecified atom stereocenters. The van der Waals surface area contributed by atoms with E-state index in [-0.39, 0.29) is 58.0 Å². The predicted octanol–water partition coefficient (Wildman–Crippen LogP) is 29.5. The first kappa shape index (κ1) is 91.0. The van der Waals surface area contributed by atoms with Gasteiger partial charge in [0.05, 0.1) is 56.8 Å². The number of pyridine rings is 6. The van der Waals surface area contributed by atoms with E-state index in [4.69, 9.17) is 0 Å². The molecule has 14 heteroatoms. The van der Waals surface area contributed by atoms with Gasteiger partial charge in [-0.15, -0.1) is 108 Å². The molecule has 0 N–H and O–H groups in total. The average molecular weight is 2130 g/mol. The Morgan fingerprint density at radius 2 is 0.491 bits per heavy atom. The topological polar surface area (TPSA) is 77.3 Å². The standard InChI is InChI=1S/2C25H46P2.3C16H11N2.ClH.3Pt/c2*1-5-13-22(14-6-1)26(23-15-7-2-8-16-23)21-27(24-17-9-3-10-18-24)25-19-11-4-12-20-25;3*1-2-7-13(8-3-1)14-10-6-11-16(18-14)15-9-4-5-12-17-15;;;;/h2*22-25H,1-21H2;3*1-7,9-12H;1H;;;/q;;3*-1;;;;+2/p+1. The minimum absolute atomic E-state index is 0. The third-order valence-corrected chi connectivity index (χ3v) is 43.6. The van der Waals surface area contributed by atoms with E-state index in [1.807, 2.05) is 188 Å². The van der Waals surface area contributed by atoms with Gasteiger partial charge in [-0.1, -0.05) is 173 Å². The van der Waals surface area contributed by atoms with Crippen LogP contribution in [0.5, 0.6) is 0 Å². The summed E-state index contributed by atoms with van der Waals surface area (Å²) in [5.41, 5.74) is 20.7. The van der Waals surface area contributed by atoms with Gasteiger partial charge in [0.2, 0.25) is 0 Å². The van der Waals surface area contributed by atoms with Crippen molar-refractivity contribution in [1.29, 1.82) is 0 Å². The Morgan fingerprint density at radius 3 is 0.714 bits per heavy atom. The fourth-order valence-corrected chi connectivity index (χ4v) is 42.6. The van der Waals surface area contributed by atoms with E-state index < -0.39 is 0 Å². The largest absolute Gasteiger partial charge is 0.295 e. The van der Waals surface area contributed by atoms with Gasteiger partial charge in [-0.2, -0.15) is 0 Å². The Balaban J connectivity index is 0.000000149. The summed E-state index contributed by atoms with van der Waals surface area (Å²) < 4.78 is 0. The van der Waals surface area contributed by atoms with E-state index >= 15 is 0 Å². The SMILES string of the molecule is C1CCC(P(CP(C2CCCCC2)C2CCCCC2)C2CCCCC2)CC1.C1CCC([PH+](C[PH+](C2CCCCC2)C2CCCCC2)C2CCCCC2)CC1.[Cl][Pt+].[Pt].[Pt].[c-]1ccccc1-c1cccc(-c2ccccn2)n1.[c-]1ccccc1-c1cccc(-c2ccccn2)n1.[c-]1ccccc1-c1cccc(-c2ccccn2)n1. The van der Waals surface area contributed by atoms with E-state index in [0.29, 0.717) is 15.8 Å². The van der Waals surface area contributed by atoms with Crippen LogP contribution in [0.15, 0.2) is 201 Å². The van der Waals surface area contributed by atoms with E-state index in [0.717, 1.165) is 67.9 Å². The summed E-state index contributed by atoms with van der Waals surface area (Å²) in [7, 11) is 5.11. The smallest absolute Gasteiger partial charge is 0.0876 e. The monoisotopic (exact) mass is 2130 g/mol. The summed E-state index contributed by atoms with van der Waals surface area (Å²) in [6.45, 7) is 0. The zero-order valence-corrected chi connectivity index (χ0v) is 78.1. The van der Waals surface area contributed by atoms with Crippen molar-refractivity contribution in [2.75, 3.05) is 11.8 Å². The van der Waals surface area contributed by atoms with Crippen LogP contribution in [0, 0.1) is 18.2 Å². The van der Waals surface area contributed by atoms with Gasteiger partial charge in [0.15, 0.2) is 5.90 Å². The van der Waals surface area contributed by atoms with Crippen LogP contribution in [-0.4, -0.2) is 87.0 Å². The normalized spacial score (nSPS) is 18.6.